The van der Waals surface area contributed by atoms with E-state index in [1.807, 2.05) is 42.6 Å². The molecule has 5 heterocycles. The van der Waals surface area contributed by atoms with E-state index in [-0.39, 0.29) is 24.3 Å². The van der Waals surface area contributed by atoms with Crippen molar-refractivity contribution >= 4 is 47.1 Å². The van der Waals surface area contributed by atoms with Crippen molar-refractivity contribution in [3.8, 4) is 0 Å². The van der Waals surface area contributed by atoms with Crippen LogP contribution in [0.1, 0.15) is 112 Å². The molecule has 4 aliphatic rings. The average molecular weight is 671 g/mol. The highest BCUT2D eigenvalue weighted by Crippen LogP contribution is 2.39. The predicted octanol–water partition coefficient (Wildman–Crippen LogP) is 6.26. The van der Waals surface area contributed by atoms with Crippen molar-refractivity contribution in [1.29, 1.82) is 0 Å². The Hall–Kier alpha value is -2.34. The third kappa shape index (κ3) is 7.05. The van der Waals surface area contributed by atoms with Gasteiger partial charge in [0.1, 0.15) is 5.60 Å². The lowest BCUT2D eigenvalue weighted by Gasteiger charge is -2.39. The van der Waals surface area contributed by atoms with E-state index in [1.165, 1.54) is 0 Å². The predicted molar refractivity (Wildman–Crippen MR) is 183 cm³/mol. The molecule has 0 radical (unpaired) electrons. The molecular formula is C35H52BClN4O6. The van der Waals surface area contributed by atoms with Gasteiger partial charge in [0.25, 0.3) is 0 Å². The maximum Gasteiger partial charge on any atom is 0.495 e. The highest BCUT2D eigenvalue weighted by molar-refractivity contribution is 6.66. The molecule has 47 heavy (non-hydrogen) atoms. The number of piperidine rings is 1. The normalized spacial score (nSPS) is 25.8. The molecule has 0 aliphatic carbocycles. The van der Waals surface area contributed by atoms with Crippen molar-refractivity contribution in [2.45, 2.75) is 135 Å². The van der Waals surface area contributed by atoms with Crippen LogP contribution in [-0.2, 0) is 30.0 Å². The topological polar surface area (TPSA) is 95.4 Å². The summed E-state index contributed by atoms with van der Waals surface area (Å²) in [6.07, 6.45) is 9.11. The molecule has 4 aliphatic heterocycles. The van der Waals surface area contributed by atoms with Gasteiger partial charge in [-0.3, -0.25) is 4.79 Å². The lowest BCUT2D eigenvalue weighted by Crippen LogP contribution is -2.52. The molecule has 0 N–H and O–H groups in total. The van der Waals surface area contributed by atoms with Gasteiger partial charge in [-0.25, -0.2) is 9.48 Å². The zero-order valence-corrected chi connectivity index (χ0v) is 30.0. The number of rotatable bonds is 7. The van der Waals surface area contributed by atoms with Crippen LogP contribution in [0.4, 0.5) is 4.79 Å². The van der Waals surface area contributed by atoms with Crippen LogP contribution >= 0.6 is 11.6 Å². The first-order valence-electron chi connectivity index (χ1n) is 17.6. The van der Waals surface area contributed by atoms with Gasteiger partial charge in [0, 0.05) is 43.1 Å². The lowest BCUT2D eigenvalue weighted by molar-refractivity contribution is -0.133. The number of unbranched alkanes of at least 4 members (excludes halogenated alkanes) is 1. The van der Waals surface area contributed by atoms with Crippen LogP contribution < -0.4 is 5.46 Å². The molecule has 4 saturated heterocycles. The second kappa shape index (κ2) is 13.2. The minimum Gasteiger partial charge on any atom is -0.444 e. The fraction of sp³-hybridized carbons (Fsp3) is 0.743. The number of benzene rings is 1. The molecule has 12 heteroatoms. The quantitative estimate of drug-likeness (QED) is 0.254. The molecule has 1 aromatic carbocycles. The van der Waals surface area contributed by atoms with Crippen LogP contribution in [-0.4, -0.2) is 87.8 Å². The Bertz CT molecular complexity index is 1470. The Labute approximate surface area is 284 Å². The van der Waals surface area contributed by atoms with Gasteiger partial charge in [0.05, 0.1) is 29.0 Å². The molecular weight excluding hydrogens is 619 g/mol. The summed E-state index contributed by atoms with van der Waals surface area (Å²) in [6, 6.07) is 2.06. The highest BCUT2D eigenvalue weighted by Gasteiger charge is 2.53. The number of aromatic nitrogens is 2. The number of carbonyl (C=O) groups is 2. The number of likely N-dealkylation sites (tertiary alicyclic amines) is 2. The standard InChI is InChI=1S/C35H52BClN4O6/c1-33(2,3)45-32(43)39-17-15-23-16-18-40(28(23)22-39)29(42)13-9-8-12-24-26(37)20-27-25(21-38-41(27)30-14-10-11-19-44-30)31(24)36-46-34(4,5)35(6,7)47-36/h20-21,23,28,30H,8-19,22H2,1-7H3/t23-,28-,30?/m0/s1. The first-order chi connectivity index (χ1) is 22.1. The Morgan fingerprint density at radius 2 is 1.79 bits per heavy atom. The number of amides is 2. The number of fused-ring (bicyclic) bond motifs is 2. The molecule has 0 bridgehead atoms. The van der Waals surface area contributed by atoms with E-state index in [2.05, 4.69) is 27.7 Å². The fourth-order valence-corrected chi connectivity index (χ4v) is 7.82. The monoisotopic (exact) mass is 670 g/mol. The van der Waals surface area contributed by atoms with Gasteiger partial charge in [-0.1, -0.05) is 11.6 Å². The van der Waals surface area contributed by atoms with E-state index in [4.69, 9.17) is 35.5 Å². The number of ether oxygens (including phenoxy) is 2. The molecule has 0 saturated carbocycles. The molecule has 4 fully saturated rings. The summed E-state index contributed by atoms with van der Waals surface area (Å²) < 4.78 is 26.8. The number of nitrogens with zero attached hydrogens (tertiary/aromatic N) is 4. The maximum absolute atomic E-state index is 13.5. The van der Waals surface area contributed by atoms with Gasteiger partial charge < -0.3 is 28.6 Å². The second-order valence-electron chi connectivity index (χ2n) is 15.8. The lowest BCUT2D eigenvalue weighted by atomic mass is 9.73. The highest BCUT2D eigenvalue weighted by atomic mass is 35.5. The van der Waals surface area contributed by atoms with Gasteiger partial charge >= 0.3 is 13.2 Å². The van der Waals surface area contributed by atoms with Crippen molar-refractivity contribution in [3.05, 3.63) is 22.8 Å². The summed E-state index contributed by atoms with van der Waals surface area (Å²) in [5, 5.41) is 6.39. The molecule has 2 amide bonds. The second-order valence-corrected chi connectivity index (χ2v) is 16.2. The van der Waals surface area contributed by atoms with E-state index in [0.29, 0.717) is 36.9 Å². The van der Waals surface area contributed by atoms with Gasteiger partial charge in [0.15, 0.2) is 6.23 Å². The number of halogens is 1. The molecule has 10 nitrogen and oxygen atoms in total. The molecule has 6 rings (SSSR count). The third-order valence-corrected chi connectivity index (χ3v) is 11.2. The van der Waals surface area contributed by atoms with E-state index < -0.39 is 23.9 Å². The Morgan fingerprint density at radius 3 is 2.47 bits per heavy atom. The van der Waals surface area contributed by atoms with Crippen LogP contribution in [0.15, 0.2) is 12.3 Å². The van der Waals surface area contributed by atoms with Crippen LogP contribution in [0.5, 0.6) is 0 Å². The smallest absolute Gasteiger partial charge is 0.444 e. The summed E-state index contributed by atoms with van der Waals surface area (Å²) in [4.78, 5) is 30.1. The van der Waals surface area contributed by atoms with Crippen LogP contribution in [0, 0.1) is 5.92 Å². The van der Waals surface area contributed by atoms with E-state index in [0.717, 1.165) is 80.0 Å². The van der Waals surface area contributed by atoms with Crippen molar-refractivity contribution in [3.63, 3.8) is 0 Å². The third-order valence-electron chi connectivity index (χ3n) is 10.8. The summed E-state index contributed by atoms with van der Waals surface area (Å²) in [5.41, 5.74) is 1.26. The van der Waals surface area contributed by atoms with E-state index >= 15 is 0 Å². The van der Waals surface area contributed by atoms with E-state index in [1.54, 1.807) is 4.90 Å². The molecule has 1 aromatic heterocycles. The largest absolute Gasteiger partial charge is 0.495 e. The van der Waals surface area contributed by atoms with Crippen LogP contribution in [0.25, 0.3) is 10.9 Å². The summed E-state index contributed by atoms with van der Waals surface area (Å²) in [7, 11) is -0.594. The SMILES string of the molecule is CC(C)(C)OC(=O)N1CC[C@H]2CCN(C(=O)CCCCc3c(Cl)cc4c(cnn4C4CCCCO4)c3B3OC(C)(C)C(C)(C)O3)[C@H]2C1. The number of carbonyl (C=O) groups excluding carboxylic acids is 2. The summed E-state index contributed by atoms with van der Waals surface area (Å²) in [5.74, 6) is 0.593. The van der Waals surface area contributed by atoms with E-state index in [9.17, 15) is 9.59 Å². The molecule has 0 spiro atoms. The summed E-state index contributed by atoms with van der Waals surface area (Å²) >= 11 is 7.09. The molecule has 2 aromatic rings. The first-order valence-corrected chi connectivity index (χ1v) is 18.0. The average Bonchev–Trinajstić information content (AvgIpc) is 3.67. The number of hydrogen-bond donors (Lipinski definition) is 0. The zero-order valence-electron chi connectivity index (χ0n) is 29.3. The Kier molecular flexibility index (Phi) is 9.68. The van der Waals surface area contributed by atoms with Crippen LogP contribution in [0.2, 0.25) is 5.02 Å². The Balaban J connectivity index is 1.15. The zero-order chi connectivity index (χ0) is 33.7. The van der Waals surface area contributed by atoms with Gasteiger partial charge in [0.2, 0.25) is 5.91 Å². The van der Waals surface area contributed by atoms with Crippen molar-refractivity contribution < 1.29 is 28.4 Å². The van der Waals surface area contributed by atoms with Crippen molar-refractivity contribution in [1.82, 2.24) is 19.6 Å². The van der Waals surface area contributed by atoms with Gasteiger partial charge in [-0.15, -0.1) is 0 Å². The molecule has 258 valence electrons. The molecule has 1 unspecified atom stereocenters. The fourth-order valence-electron chi connectivity index (χ4n) is 7.52. The van der Waals surface area contributed by atoms with Gasteiger partial charge in [-0.2, -0.15) is 5.10 Å². The van der Waals surface area contributed by atoms with Crippen molar-refractivity contribution in [2.24, 2.45) is 5.92 Å². The van der Waals surface area contributed by atoms with Gasteiger partial charge in [-0.05, 0) is 123 Å². The minimum absolute atomic E-state index is 0.0558. The molecule has 3 atom stereocenters. The van der Waals surface area contributed by atoms with Crippen LogP contribution in [0.3, 0.4) is 0 Å². The summed E-state index contributed by atoms with van der Waals surface area (Å²) in [6.45, 7) is 16.6. The maximum atomic E-state index is 13.5. The minimum atomic E-state index is -0.594. The number of hydrogen-bond acceptors (Lipinski definition) is 7. The van der Waals surface area contributed by atoms with Crippen molar-refractivity contribution in [2.75, 3.05) is 26.2 Å². The Morgan fingerprint density at radius 1 is 1.06 bits per heavy atom. The first kappa shape index (κ1) is 34.5.